The van der Waals surface area contributed by atoms with Gasteiger partial charge in [-0.1, -0.05) is 63.1 Å². The molecule has 3 heteroatoms. The fraction of sp³-hybridized carbons (Fsp3) is 0.435. The Hall–Kier alpha value is -2.29. The molecule has 3 nitrogen and oxygen atoms in total. The first kappa shape index (κ1) is 20.0. The molecule has 0 bridgehead atoms. The predicted octanol–water partition coefficient (Wildman–Crippen LogP) is 6.33. The van der Waals surface area contributed by atoms with Gasteiger partial charge in [0.25, 0.3) is 0 Å². The van der Waals surface area contributed by atoms with Gasteiger partial charge in [0.1, 0.15) is 11.9 Å². The van der Waals surface area contributed by atoms with E-state index >= 15 is 0 Å². The number of esters is 1. The first-order chi connectivity index (χ1) is 12.6. The Balaban J connectivity index is 1.94. The number of hydrogen-bond acceptors (Lipinski definition) is 3. The van der Waals surface area contributed by atoms with Crippen LogP contribution in [0.3, 0.4) is 0 Å². The molecule has 2 rings (SSSR count). The summed E-state index contributed by atoms with van der Waals surface area (Å²) in [6.07, 6.45) is 4.56. The predicted molar refractivity (Wildman–Crippen MR) is 106 cm³/mol. The molecule has 0 heterocycles. The van der Waals surface area contributed by atoms with Crippen molar-refractivity contribution in [3.8, 4) is 16.9 Å². The van der Waals surface area contributed by atoms with Crippen molar-refractivity contribution < 1.29 is 14.3 Å². The average molecular weight is 354 g/mol. The summed E-state index contributed by atoms with van der Waals surface area (Å²) in [5.74, 6) is 0.775. The Morgan fingerprint density at radius 1 is 0.885 bits per heavy atom. The van der Waals surface area contributed by atoms with Gasteiger partial charge in [-0.3, -0.25) is 4.79 Å². The first-order valence-corrected chi connectivity index (χ1v) is 9.66. The van der Waals surface area contributed by atoms with E-state index < -0.39 is 0 Å². The average Bonchev–Trinajstić information content (AvgIpc) is 2.66. The molecule has 2 aromatic carbocycles. The Morgan fingerprint density at radius 2 is 1.50 bits per heavy atom. The van der Waals surface area contributed by atoms with Gasteiger partial charge in [0.15, 0.2) is 0 Å². The van der Waals surface area contributed by atoms with E-state index in [0.29, 0.717) is 6.42 Å². The maximum atomic E-state index is 11.6. The number of carbonyl (C=O) groups is 1. The molecule has 0 fully saturated rings. The number of carbonyl (C=O) groups excluding carboxylic acids is 1. The van der Waals surface area contributed by atoms with Crippen LogP contribution in [-0.2, 0) is 9.53 Å². The smallest absolute Gasteiger partial charge is 0.306 e. The molecule has 0 saturated carbocycles. The highest BCUT2D eigenvalue weighted by Crippen LogP contribution is 2.25. The molecule has 2 aromatic rings. The lowest BCUT2D eigenvalue weighted by Crippen LogP contribution is -2.08. The summed E-state index contributed by atoms with van der Waals surface area (Å²) < 4.78 is 11.2. The second kappa shape index (κ2) is 10.6. The van der Waals surface area contributed by atoms with Crippen LogP contribution >= 0.6 is 0 Å². The zero-order chi connectivity index (χ0) is 18.8. The van der Waals surface area contributed by atoms with Crippen LogP contribution in [0.5, 0.6) is 5.75 Å². The minimum atomic E-state index is -0.220. The number of rotatable bonds is 10. The van der Waals surface area contributed by atoms with Crippen LogP contribution in [0, 0.1) is 0 Å². The third kappa shape index (κ3) is 6.21. The van der Waals surface area contributed by atoms with Crippen molar-refractivity contribution in [2.75, 3.05) is 6.61 Å². The van der Waals surface area contributed by atoms with Gasteiger partial charge in [0, 0.05) is 6.42 Å². The lowest BCUT2D eigenvalue weighted by atomic mass is 10.0. The van der Waals surface area contributed by atoms with Gasteiger partial charge in [-0.15, -0.1) is 0 Å². The van der Waals surface area contributed by atoms with Gasteiger partial charge in [-0.05, 0) is 48.6 Å². The lowest BCUT2D eigenvalue weighted by molar-refractivity contribution is -0.148. The number of benzene rings is 2. The molecular formula is C23H30O3. The second-order valence-corrected chi connectivity index (χ2v) is 6.58. The van der Waals surface area contributed by atoms with Crippen LogP contribution in [-0.4, -0.2) is 12.6 Å². The number of ether oxygens (including phenoxy) is 2. The molecule has 0 amide bonds. The molecular weight excluding hydrogens is 324 g/mol. The standard InChI is InChI=1S/C23H30O3/c1-4-6-7-17-25-22-15-13-21(14-16-22)20-11-9-19(10-12-20)18(3)26-23(24)8-5-2/h9-16,18H,4-8,17H2,1-3H3. The monoisotopic (exact) mass is 354 g/mol. The summed E-state index contributed by atoms with van der Waals surface area (Å²) >= 11 is 0. The third-order valence-electron chi connectivity index (χ3n) is 4.35. The minimum absolute atomic E-state index is 0.140. The van der Waals surface area contributed by atoms with Crippen molar-refractivity contribution in [2.45, 2.75) is 59.0 Å². The van der Waals surface area contributed by atoms with Crippen molar-refractivity contribution in [1.82, 2.24) is 0 Å². The van der Waals surface area contributed by atoms with Crippen molar-refractivity contribution in [1.29, 1.82) is 0 Å². The number of unbranched alkanes of at least 4 members (excludes halogenated alkanes) is 2. The topological polar surface area (TPSA) is 35.5 Å². The van der Waals surface area contributed by atoms with Gasteiger partial charge in [-0.2, -0.15) is 0 Å². The van der Waals surface area contributed by atoms with Crippen LogP contribution < -0.4 is 4.74 Å². The Morgan fingerprint density at radius 3 is 2.08 bits per heavy atom. The molecule has 1 unspecified atom stereocenters. The molecule has 0 aliphatic rings. The Kier molecular flexibility index (Phi) is 8.20. The molecule has 0 aromatic heterocycles. The van der Waals surface area contributed by atoms with Crippen LogP contribution in [0.1, 0.15) is 64.5 Å². The van der Waals surface area contributed by atoms with E-state index in [1.165, 1.54) is 12.8 Å². The van der Waals surface area contributed by atoms with E-state index in [4.69, 9.17) is 9.47 Å². The molecule has 140 valence electrons. The summed E-state index contributed by atoms with van der Waals surface area (Å²) in [4.78, 5) is 11.6. The van der Waals surface area contributed by atoms with Crippen LogP contribution in [0.15, 0.2) is 48.5 Å². The van der Waals surface area contributed by atoms with Gasteiger partial charge in [-0.25, -0.2) is 0 Å². The van der Waals surface area contributed by atoms with Gasteiger partial charge in [0.2, 0.25) is 0 Å². The highest BCUT2D eigenvalue weighted by molar-refractivity contribution is 5.69. The lowest BCUT2D eigenvalue weighted by Gasteiger charge is -2.14. The van der Waals surface area contributed by atoms with E-state index in [1.54, 1.807) is 0 Å². The van der Waals surface area contributed by atoms with Crippen LogP contribution in [0.4, 0.5) is 0 Å². The molecule has 0 aliphatic heterocycles. The van der Waals surface area contributed by atoms with Gasteiger partial charge < -0.3 is 9.47 Å². The second-order valence-electron chi connectivity index (χ2n) is 6.58. The quantitative estimate of drug-likeness (QED) is 0.369. The Labute approximate surface area is 157 Å². The summed E-state index contributed by atoms with van der Waals surface area (Å²) in [5.41, 5.74) is 3.29. The van der Waals surface area contributed by atoms with Crippen LogP contribution in [0.25, 0.3) is 11.1 Å². The molecule has 1 atom stereocenters. The van der Waals surface area contributed by atoms with E-state index in [0.717, 1.165) is 41.9 Å². The zero-order valence-electron chi connectivity index (χ0n) is 16.2. The summed E-state index contributed by atoms with van der Waals surface area (Å²) in [5, 5.41) is 0. The van der Waals surface area contributed by atoms with E-state index in [2.05, 4.69) is 31.2 Å². The van der Waals surface area contributed by atoms with Gasteiger partial charge >= 0.3 is 5.97 Å². The van der Waals surface area contributed by atoms with Crippen molar-refractivity contribution in [3.63, 3.8) is 0 Å². The van der Waals surface area contributed by atoms with Crippen molar-refractivity contribution in [3.05, 3.63) is 54.1 Å². The fourth-order valence-corrected chi connectivity index (χ4v) is 2.76. The Bertz CT molecular complexity index is 659. The molecule has 0 saturated heterocycles. The molecule has 0 N–H and O–H groups in total. The molecule has 0 aliphatic carbocycles. The van der Waals surface area contributed by atoms with E-state index in [9.17, 15) is 4.79 Å². The minimum Gasteiger partial charge on any atom is -0.494 e. The zero-order valence-corrected chi connectivity index (χ0v) is 16.2. The largest absolute Gasteiger partial charge is 0.494 e. The maximum absolute atomic E-state index is 11.6. The van der Waals surface area contributed by atoms with E-state index in [-0.39, 0.29) is 12.1 Å². The molecule has 26 heavy (non-hydrogen) atoms. The highest BCUT2D eigenvalue weighted by atomic mass is 16.5. The number of hydrogen-bond donors (Lipinski definition) is 0. The van der Waals surface area contributed by atoms with E-state index in [1.807, 2.05) is 38.1 Å². The third-order valence-corrected chi connectivity index (χ3v) is 4.35. The summed E-state index contributed by atoms with van der Waals surface area (Å²) in [6.45, 7) is 6.85. The molecule has 0 radical (unpaired) electrons. The normalized spacial score (nSPS) is 11.8. The highest BCUT2D eigenvalue weighted by Gasteiger charge is 2.11. The van der Waals surface area contributed by atoms with Crippen LogP contribution in [0.2, 0.25) is 0 Å². The summed E-state index contributed by atoms with van der Waals surface area (Å²) in [6, 6.07) is 16.4. The van der Waals surface area contributed by atoms with Crippen molar-refractivity contribution in [2.24, 2.45) is 0 Å². The van der Waals surface area contributed by atoms with Gasteiger partial charge in [0.05, 0.1) is 6.61 Å². The maximum Gasteiger partial charge on any atom is 0.306 e. The summed E-state index contributed by atoms with van der Waals surface area (Å²) in [7, 11) is 0. The first-order valence-electron chi connectivity index (χ1n) is 9.66. The van der Waals surface area contributed by atoms with Crippen molar-refractivity contribution >= 4 is 5.97 Å². The SMILES string of the molecule is CCCCCOc1ccc(-c2ccc(C(C)OC(=O)CCC)cc2)cc1. The fourth-order valence-electron chi connectivity index (χ4n) is 2.76. The molecule has 0 spiro atoms.